The number of carbonyl (C=O) groups excluding carboxylic acids is 1. The summed E-state index contributed by atoms with van der Waals surface area (Å²) in [5.41, 5.74) is 3.70. The van der Waals surface area contributed by atoms with Gasteiger partial charge < -0.3 is 14.2 Å². The molecule has 140 valence electrons. The monoisotopic (exact) mass is 364 g/mol. The number of benzene rings is 2. The van der Waals surface area contributed by atoms with E-state index in [1.54, 1.807) is 4.90 Å². The minimum Gasteiger partial charge on any atom is -0.484 e. The second kappa shape index (κ2) is 8.54. The Balaban J connectivity index is 1.78. The lowest BCUT2D eigenvalue weighted by Gasteiger charge is -2.23. The van der Waals surface area contributed by atoms with Crippen molar-refractivity contribution in [2.75, 3.05) is 11.5 Å². The van der Waals surface area contributed by atoms with Crippen molar-refractivity contribution in [2.24, 2.45) is 0 Å². The van der Waals surface area contributed by atoms with Gasteiger partial charge in [-0.05, 0) is 50.1 Å². The van der Waals surface area contributed by atoms with E-state index in [0.29, 0.717) is 12.3 Å². The maximum Gasteiger partial charge on any atom is 0.265 e. The highest BCUT2D eigenvalue weighted by Crippen LogP contribution is 2.22. The molecule has 0 saturated carbocycles. The van der Waals surface area contributed by atoms with Gasteiger partial charge in [-0.2, -0.15) is 0 Å². The highest BCUT2D eigenvalue weighted by atomic mass is 16.5. The molecule has 0 fully saturated rings. The predicted molar refractivity (Wildman–Crippen MR) is 105 cm³/mol. The number of aryl methyl sites for hydroxylation is 3. The summed E-state index contributed by atoms with van der Waals surface area (Å²) < 4.78 is 11.0. The third-order valence-electron chi connectivity index (χ3n) is 4.54. The largest absolute Gasteiger partial charge is 0.484 e. The normalized spacial score (nSPS) is 10.6. The molecule has 5 nitrogen and oxygen atoms in total. The Morgan fingerprint density at radius 2 is 1.89 bits per heavy atom. The van der Waals surface area contributed by atoms with Crippen LogP contribution in [0.5, 0.6) is 5.75 Å². The average Bonchev–Trinajstić information content (AvgIpc) is 3.02. The number of para-hydroxylation sites is 1. The molecule has 27 heavy (non-hydrogen) atoms. The second-order valence-electron chi connectivity index (χ2n) is 6.41. The molecule has 2 aromatic carbocycles. The zero-order valence-electron chi connectivity index (χ0n) is 15.9. The van der Waals surface area contributed by atoms with E-state index in [0.717, 1.165) is 29.1 Å². The lowest BCUT2D eigenvalue weighted by Crippen LogP contribution is -2.34. The van der Waals surface area contributed by atoms with Crippen molar-refractivity contribution in [2.45, 2.75) is 33.7 Å². The fourth-order valence-corrected chi connectivity index (χ4v) is 2.90. The lowest BCUT2D eigenvalue weighted by atomic mass is 10.1. The summed E-state index contributed by atoms with van der Waals surface area (Å²) in [6.07, 6.45) is 0.924. The molecule has 3 aromatic rings. The minimum atomic E-state index is -0.122. The molecule has 0 N–H and O–H groups in total. The van der Waals surface area contributed by atoms with Gasteiger partial charge in [-0.1, -0.05) is 42.4 Å². The summed E-state index contributed by atoms with van der Waals surface area (Å²) >= 11 is 0. The molecule has 0 bridgehead atoms. The maximum absolute atomic E-state index is 13.0. The van der Waals surface area contributed by atoms with Gasteiger partial charge in [0.25, 0.3) is 5.91 Å². The van der Waals surface area contributed by atoms with Crippen molar-refractivity contribution in [3.8, 4) is 5.75 Å². The number of hydrogen-bond acceptors (Lipinski definition) is 4. The number of anilines is 1. The van der Waals surface area contributed by atoms with Crippen LogP contribution in [0.1, 0.15) is 29.5 Å². The molecule has 0 spiro atoms. The van der Waals surface area contributed by atoms with Crippen LogP contribution in [0.4, 0.5) is 5.69 Å². The van der Waals surface area contributed by atoms with Gasteiger partial charge in [-0.15, -0.1) is 0 Å². The maximum atomic E-state index is 13.0. The molecule has 0 saturated heterocycles. The molecule has 5 heteroatoms. The van der Waals surface area contributed by atoms with Crippen molar-refractivity contribution in [3.05, 3.63) is 77.2 Å². The van der Waals surface area contributed by atoms with Crippen molar-refractivity contribution >= 4 is 11.6 Å². The molecule has 0 aliphatic rings. The minimum absolute atomic E-state index is 0.0363. The smallest absolute Gasteiger partial charge is 0.265 e. The third-order valence-corrected chi connectivity index (χ3v) is 4.54. The summed E-state index contributed by atoms with van der Waals surface area (Å²) in [5, 5.41) is 3.99. The zero-order valence-corrected chi connectivity index (χ0v) is 15.9. The fourth-order valence-electron chi connectivity index (χ4n) is 2.90. The Morgan fingerprint density at radius 1 is 1.11 bits per heavy atom. The Kier molecular flexibility index (Phi) is 5.91. The van der Waals surface area contributed by atoms with Crippen molar-refractivity contribution in [1.29, 1.82) is 0 Å². The summed E-state index contributed by atoms with van der Waals surface area (Å²) in [6, 6.07) is 17.4. The van der Waals surface area contributed by atoms with Crippen LogP contribution in [0.15, 0.2) is 59.1 Å². The number of nitrogens with zero attached hydrogens (tertiary/aromatic N) is 2. The van der Waals surface area contributed by atoms with Crippen LogP contribution >= 0.6 is 0 Å². The van der Waals surface area contributed by atoms with E-state index in [9.17, 15) is 4.79 Å². The van der Waals surface area contributed by atoms with E-state index < -0.39 is 0 Å². The zero-order chi connectivity index (χ0) is 19.2. The number of ether oxygens (including phenoxy) is 1. The Bertz CT molecular complexity index is 883. The van der Waals surface area contributed by atoms with Gasteiger partial charge in [0, 0.05) is 11.3 Å². The number of amides is 1. The Hall–Kier alpha value is -3.08. The van der Waals surface area contributed by atoms with Crippen LogP contribution in [0, 0.1) is 13.8 Å². The van der Waals surface area contributed by atoms with Crippen LogP contribution < -0.4 is 9.64 Å². The first-order valence-corrected chi connectivity index (χ1v) is 9.07. The number of hydrogen-bond donors (Lipinski definition) is 0. The van der Waals surface area contributed by atoms with Crippen molar-refractivity contribution in [3.63, 3.8) is 0 Å². The van der Waals surface area contributed by atoms with Crippen LogP contribution in [0.25, 0.3) is 0 Å². The van der Waals surface area contributed by atoms with Crippen LogP contribution in [-0.2, 0) is 17.8 Å². The van der Waals surface area contributed by atoms with Crippen molar-refractivity contribution < 1.29 is 14.1 Å². The Labute approximate surface area is 159 Å². The SMILES string of the molecule is CCc1cccc(OCC(=O)N(Cc2c(C)noc2C)c2ccccc2)c1. The predicted octanol–water partition coefficient (Wildman–Crippen LogP) is 4.47. The molecule has 0 atom stereocenters. The van der Waals surface area contributed by atoms with Gasteiger partial charge in [0.05, 0.1) is 12.2 Å². The fraction of sp³-hybridized carbons (Fsp3) is 0.273. The van der Waals surface area contributed by atoms with Crippen LogP contribution in [0.2, 0.25) is 0 Å². The van der Waals surface area contributed by atoms with Gasteiger partial charge in [-0.25, -0.2) is 0 Å². The van der Waals surface area contributed by atoms with Gasteiger partial charge in [0.15, 0.2) is 6.61 Å². The molecule has 1 heterocycles. The van der Waals surface area contributed by atoms with Gasteiger partial charge in [0.1, 0.15) is 11.5 Å². The molecule has 1 amide bonds. The number of aromatic nitrogens is 1. The first kappa shape index (κ1) is 18.7. The van der Waals surface area contributed by atoms with Crippen molar-refractivity contribution in [1.82, 2.24) is 5.16 Å². The number of carbonyl (C=O) groups is 1. The molecule has 0 radical (unpaired) electrons. The van der Waals surface area contributed by atoms with E-state index >= 15 is 0 Å². The van der Waals surface area contributed by atoms with Gasteiger partial charge in [0.2, 0.25) is 0 Å². The highest BCUT2D eigenvalue weighted by molar-refractivity contribution is 5.94. The van der Waals surface area contributed by atoms with Crippen LogP contribution in [0.3, 0.4) is 0 Å². The summed E-state index contributed by atoms with van der Waals surface area (Å²) in [7, 11) is 0. The van der Waals surface area contributed by atoms with Crippen LogP contribution in [-0.4, -0.2) is 17.7 Å². The first-order chi connectivity index (χ1) is 13.1. The molecule has 1 aromatic heterocycles. The highest BCUT2D eigenvalue weighted by Gasteiger charge is 2.21. The van der Waals surface area contributed by atoms with Gasteiger partial charge >= 0.3 is 0 Å². The first-order valence-electron chi connectivity index (χ1n) is 9.07. The van der Waals surface area contributed by atoms with E-state index in [2.05, 4.69) is 12.1 Å². The topological polar surface area (TPSA) is 55.6 Å². The molecule has 3 rings (SSSR count). The summed E-state index contributed by atoms with van der Waals surface area (Å²) in [6.45, 7) is 6.18. The number of rotatable bonds is 7. The average molecular weight is 364 g/mol. The third kappa shape index (κ3) is 4.56. The quantitative estimate of drug-likeness (QED) is 0.621. The molecule has 0 aliphatic heterocycles. The molecular weight excluding hydrogens is 340 g/mol. The second-order valence-corrected chi connectivity index (χ2v) is 6.41. The Morgan fingerprint density at radius 3 is 2.56 bits per heavy atom. The molecule has 0 unspecified atom stereocenters. The van der Waals surface area contributed by atoms with E-state index in [4.69, 9.17) is 9.26 Å². The molecular formula is C22H24N2O3. The van der Waals surface area contributed by atoms with Gasteiger partial charge in [-0.3, -0.25) is 4.79 Å². The van der Waals surface area contributed by atoms with E-state index in [1.165, 1.54) is 5.56 Å². The molecule has 0 aliphatic carbocycles. The standard InChI is InChI=1S/C22H24N2O3/c1-4-18-9-8-12-20(13-18)26-15-22(25)24(19-10-6-5-7-11-19)14-21-16(2)23-27-17(21)3/h5-13H,4,14-15H2,1-3H3. The summed E-state index contributed by atoms with van der Waals surface area (Å²) in [5.74, 6) is 1.30. The van der Waals surface area contributed by atoms with E-state index in [1.807, 2.05) is 68.4 Å². The summed E-state index contributed by atoms with van der Waals surface area (Å²) in [4.78, 5) is 14.7. The van der Waals surface area contributed by atoms with E-state index in [-0.39, 0.29) is 12.5 Å². The lowest BCUT2D eigenvalue weighted by molar-refractivity contribution is -0.120.